The van der Waals surface area contributed by atoms with Crippen molar-refractivity contribution in [2.75, 3.05) is 25.0 Å². The Kier molecular flexibility index (Phi) is 5.02. The summed E-state index contributed by atoms with van der Waals surface area (Å²) >= 11 is 3.19. The quantitative estimate of drug-likeness (QED) is 0.605. The van der Waals surface area contributed by atoms with E-state index in [2.05, 4.69) is 28.9 Å². The monoisotopic (exact) mass is 347 g/mol. The number of hydrogen-bond donors (Lipinski definition) is 0. The van der Waals surface area contributed by atoms with Gasteiger partial charge < -0.3 is 4.90 Å². The minimum Gasteiger partial charge on any atom is -0.337 e. The summed E-state index contributed by atoms with van der Waals surface area (Å²) < 4.78 is 0. The van der Waals surface area contributed by atoms with Gasteiger partial charge in [-0.2, -0.15) is 0 Å². The van der Waals surface area contributed by atoms with Crippen molar-refractivity contribution in [3.05, 3.63) is 34.2 Å². The van der Waals surface area contributed by atoms with Crippen LogP contribution in [0.3, 0.4) is 0 Å². The Morgan fingerprint density at radius 3 is 2.65 bits per heavy atom. The maximum Gasteiger partial charge on any atom is 0.269 e. The first-order valence-electron chi connectivity index (χ1n) is 7.96. The molecule has 1 amide bonds. The summed E-state index contributed by atoms with van der Waals surface area (Å²) in [5.74, 6) is 0.0786. The highest BCUT2D eigenvalue weighted by Crippen LogP contribution is 2.49. The van der Waals surface area contributed by atoms with Crippen LogP contribution in [0.2, 0.25) is 0 Å². The van der Waals surface area contributed by atoms with Gasteiger partial charge in [0.05, 0.1) is 10.7 Å². The maximum absolute atomic E-state index is 12.8. The van der Waals surface area contributed by atoms with E-state index in [1.165, 1.54) is 16.7 Å². The van der Waals surface area contributed by atoms with Crippen molar-refractivity contribution >= 4 is 40.3 Å². The lowest BCUT2D eigenvalue weighted by molar-refractivity contribution is -0.122. The number of hydrogen-bond acceptors (Lipinski definition) is 5. The highest BCUT2D eigenvalue weighted by Gasteiger charge is 2.38. The van der Waals surface area contributed by atoms with Gasteiger partial charge in [-0.05, 0) is 37.2 Å². The van der Waals surface area contributed by atoms with Crippen LogP contribution in [0.4, 0.5) is 5.69 Å². The Balaban J connectivity index is 1.92. The van der Waals surface area contributed by atoms with Gasteiger partial charge in [-0.1, -0.05) is 37.2 Å². The molecule has 2 aliphatic heterocycles. The lowest BCUT2D eigenvalue weighted by Crippen LogP contribution is -2.29. The number of fused-ring (bicyclic) bond motifs is 1. The van der Waals surface area contributed by atoms with Gasteiger partial charge in [-0.15, -0.1) is 0 Å². The van der Waals surface area contributed by atoms with Crippen molar-refractivity contribution in [2.24, 2.45) is 4.99 Å². The van der Waals surface area contributed by atoms with E-state index in [9.17, 15) is 4.79 Å². The van der Waals surface area contributed by atoms with Crippen LogP contribution < -0.4 is 4.90 Å². The molecule has 0 aliphatic carbocycles. The second kappa shape index (κ2) is 7.01. The van der Waals surface area contributed by atoms with Gasteiger partial charge in [-0.25, -0.2) is 0 Å². The molecule has 3 rings (SSSR count). The molecule has 0 N–H and O–H groups in total. The van der Waals surface area contributed by atoms with E-state index in [1.54, 1.807) is 16.7 Å². The van der Waals surface area contributed by atoms with Crippen LogP contribution in [0.25, 0.3) is 0 Å². The van der Waals surface area contributed by atoms with Crippen LogP contribution in [-0.2, 0) is 4.79 Å². The third-order valence-corrected chi connectivity index (χ3v) is 6.34. The number of carbonyl (C=O) groups excluding carboxylic acids is 1. The zero-order chi connectivity index (χ0) is 16.4. The first kappa shape index (κ1) is 16.5. The summed E-state index contributed by atoms with van der Waals surface area (Å²) in [5.41, 5.74) is 1.16. The molecule has 1 saturated heterocycles. The van der Waals surface area contributed by atoms with E-state index >= 15 is 0 Å². The summed E-state index contributed by atoms with van der Waals surface area (Å²) in [7, 11) is 2.03. The summed E-state index contributed by atoms with van der Waals surface area (Å²) in [6.45, 7) is 5.60. The zero-order valence-corrected chi connectivity index (χ0v) is 15.3. The highest BCUT2D eigenvalue weighted by molar-refractivity contribution is 8.19. The molecule has 4 nitrogen and oxygen atoms in total. The van der Waals surface area contributed by atoms with Crippen molar-refractivity contribution < 1.29 is 4.79 Å². The van der Waals surface area contributed by atoms with Crippen LogP contribution in [0.5, 0.6) is 0 Å². The standard InChI is InChI=1S/C17H21N3OS2/c1-4-6-11-18-17-20(5-2)15(21)14(23-17)16-19(3)12-9-7-8-10-13(12)22-16/h7-10H,4-6,11H2,1-3H3/b16-14+,18-17+. The molecule has 0 radical (unpaired) electrons. The molecule has 2 aliphatic rings. The molecule has 23 heavy (non-hydrogen) atoms. The van der Waals surface area contributed by atoms with Gasteiger partial charge in [0.25, 0.3) is 5.91 Å². The van der Waals surface area contributed by atoms with Gasteiger partial charge in [-0.3, -0.25) is 14.7 Å². The smallest absolute Gasteiger partial charge is 0.269 e. The molecule has 0 unspecified atom stereocenters. The fourth-order valence-electron chi connectivity index (χ4n) is 2.57. The number of nitrogens with zero attached hydrogens (tertiary/aromatic N) is 3. The van der Waals surface area contributed by atoms with Crippen molar-refractivity contribution in [3.63, 3.8) is 0 Å². The predicted octanol–water partition coefficient (Wildman–Crippen LogP) is 4.15. The average Bonchev–Trinajstić information content (AvgIpc) is 3.05. The number of amidine groups is 1. The molecule has 0 saturated carbocycles. The van der Waals surface area contributed by atoms with Crippen molar-refractivity contribution in [3.8, 4) is 0 Å². The lowest BCUT2D eigenvalue weighted by Gasteiger charge is -2.15. The van der Waals surface area contributed by atoms with Gasteiger partial charge in [0.2, 0.25) is 0 Å². The van der Waals surface area contributed by atoms with Crippen LogP contribution in [-0.4, -0.2) is 36.1 Å². The van der Waals surface area contributed by atoms with E-state index in [-0.39, 0.29) is 5.91 Å². The third kappa shape index (κ3) is 3.02. The number of thioether (sulfide) groups is 2. The molecule has 1 fully saturated rings. The first-order chi connectivity index (χ1) is 11.2. The second-order valence-electron chi connectivity index (χ2n) is 5.43. The van der Waals surface area contributed by atoms with Gasteiger partial charge in [0.1, 0.15) is 4.91 Å². The van der Waals surface area contributed by atoms with E-state index in [4.69, 9.17) is 0 Å². The van der Waals surface area contributed by atoms with Crippen LogP contribution in [0.15, 0.2) is 44.1 Å². The molecule has 0 spiro atoms. The van der Waals surface area contributed by atoms with Crippen LogP contribution in [0, 0.1) is 0 Å². The Morgan fingerprint density at radius 2 is 1.96 bits per heavy atom. The summed E-state index contributed by atoms with van der Waals surface area (Å²) in [6, 6.07) is 8.26. The van der Waals surface area contributed by atoms with E-state index in [1.807, 2.05) is 26.1 Å². The maximum atomic E-state index is 12.8. The van der Waals surface area contributed by atoms with Crippen molar-refractivity contribution in [1.29, 1.82) is 0 Å². The van der Waals surface area contributed by atoms with Crippen LogP contribution >= 0.6 is 23.5 Å². The molecule has 122 valence electrons. The lowest BCUT2D eigenvalue weighted by atomic mass is 10.3. The molecule has 0 atom stereocenters. The third-order valence-electron chi connectivity index (χ3n) is 3.87. The number of anilines is 1. The first-order valence-corrected chi connectivity index (χ1v) is 9.59. The van der Waals surface area contributed by atoms with Gasteiger partial charge in [0.15, 0.2) is 5.17 Å². The molecule has 1 aromatic rings. The molecule has 2 heterocycles. The predicted molar refractivity (Wildman–Crippen MR) is 99.9 cm³/mol. The Bertz CT molecular complexity index is 684. The normalized spacial score (nSPS) is 22.4. The number of rotatable bonds is 4. The van der Waals surface area contributed by atoms with E-state index in [0.717, 1.165) is 40.2 Å². The van der Waals surface area contributed by atoms with Crippen LogP contribution in [0.1, 0.15) is 26.7 Å². The fraction of sp³-hybridized carbons (Fsp3) is 0.412. The SMILES string of the molecule is CCCC/N=C1/S/C(=C2/Sc3ccccc3N2C)C(=O)N1CC. The average molecular weight is 348 g/mol. The van der Waals surface area contributed by atoms with E-state index in [0.29, 0.717) is 6.54 Å². The Hall–Kier alpha value is -1.40. The summed E-state index contributed by atoms with van der Waals surface area (Å²) in [5, 5.41) is 1.86. The van der Waals surface area contributed by atoms with E-state index < -0.39 is 0 Å². The molecule has 0 bridgehead atoms. The number of amides is 1. The minimum absolute atomic E-state index is 0.0786. The molecular weight excluding hydrogens is 326 g/mol. The highest BCUT2D eigenvalue weighted by atomic mass is 32.2. The second-order valence-corrected chi connectivity index (χ2v) is 7.44. The van der Waals surface area contributed by atoms with Crippen molar-refractivity contribution in [2.45, 2.75) is 31.6 Å². The zero-order valence-electron chi connectivity index (χ0n) is 13.7. The summed E-state index contributed by atoms with van der Waals surface area (Å²) in [6.07, 6.45) is 2.17. The molecule has 1 aromatic carbocycles. The molecular formula is C17H21N3OS2. The number of unbranched alkanes of at least 4 members (excludes halogenated alkanes) is 1. The largest absolute Gasteiger partial charge is 0.337 e. The van der Waals surface area contributed by atoms with Gasteiger partial charge in [0, 0.05) is 25.0 Å². The summed E-state index contributed by atoms with van der Waals surface area (Å²) in [4.78, 5) is 23.3. The topological polar surface area (TPSA) is 35.9 Å². The Labute approximate surface area is 146 Å². The number of benzene rings is 1. The number of para-hydroxylation sites is 1. The molecule has 6 heteroatoms. The Morgan fingerprint density at radius 1 is 1.17 bits per heavy atom. The minimum atomic E-state index is 0.0786. The number of likely N-dealkylation sites (N-methyl/N-ethyl adjacent to an activating group) is 1. The number of carbonyl (C=O) groups is 1. The van der Waals surface area contributed by atoms with Gasteiger partial charge >= 0.3 is 0 Å². The number of aliphatic imine (C=N–C) groups is 1. The molecule has 0 aromatic heterocycles. The van der Waals surface area contributed by atoms with Crippen molar-refractivity contribution in [1.82, 2.24) is 4.90 Å². The fourth-order valence-corrected chi connectivity index (χ4v) is 4.98.